The molecule has 0 unspecified atom stereocenters. The van der Waals surface area contributed by atoms with Gasteiger partial charge in [-0.25, -0.2) is 4.39 Å². The van der Waals surface area contributed by atoms with E-state index in [4.69, 9.17) is 0 Å². The fourth-order valence-electron chi connectivity index (χ4n) is 2.59. The van der Waals surface area contributed by atoms with Crippen molar-refractivity contribution in [3.8, 4) is 0 Å². The predicted octanol–water partition coefficient (Wildman–Crippen LogP) is 4.12. The Morgan fingerprint density at radius 3 is 2.63 bits per heavy atom. The number of benzene rings is 2. The molecule has 2 aromatic rings. The van der Waals surface area contributed by atoms with E-state index in [1.54, 1.807) is 12.1 Å². The van der Waals surface area contributed by atoms with Crippen molar-refractivity contribution < 1.29 is 18.8 Å². The van der Waals surface area contributed by atoms with Crippen molar-refractivity contribution in [3.63, 3.8) is 0 Å². The molecule has 1 aliphatic heterocycles. The van der Waals surface area contributed by atoms with E-state index in [0.717, 1.165) is 16.0 Å². The van der Waals surface area contributed by atoms with Crippen LogP contribution in [0.4, 0.5) is 14.9 Å². The molecule has 5 nitrogen and oxygen atoms in total. The summed E-state index contributed by atoms with van der Waals surface area (Å²) in [5.74, 6) is -1.57. The van der Waals surface area contributed by atoms with Crippen molar-refractivity contribution in [2.75, 3.05) is 11.9 Å². The second kappa shape index (κ2) is 7.75. The maximum absolute atomic E-state index is 13.8. The number of hydrogen-bond donors (Lipinski definition) is 1. The molecular formula is C20H17FN2O3S. The highest BCUT2D eigenvalue weighted by Gasteiger charge is 2.36. The third-order valence-electron chi connectivity index (χ3n) is 4.25. The van der Waals surface area contributed by atoms with Crippen molar-refractivity contribution in [3.05, 3.63) is 69.9 Å². The fourth-order valence-corrected chi connectivity index (χ4v) is 3.42. The first-order chi connectivity index (χ1) is 12.9. The van der Waals surface area contributed by atoms with E-state index in [0.29, 0.717) is 17.4 Å². The van der Waals surface area contributed by atoms with Gasteiger partial charge in [-0.3, -0.25) is 19.3 Å². The minimum atomic E-state index is -0.607. The Balaban J connectivity index is 1.73. The van der Waals surface area contributed by atoms with Crippen molar-refractivity contribution in [1.29, 1.82) is 0 Å². The van der Waals surface area contributed by atoms with Gasteiger partial charge >= 0.3 is 0 Å². The smallest absolute Gasteiger partial charge is 0.294 e. The Labute approximate surface area is 160 Å². The quantitative estimate of drug-likeness (QED) is 0.806. The average Bonchev–Trinajstić information content (AvgIpc) is 2.88. The van der Waals surface area contributed by atoms with E-state index >= 15 is 0 Å². The number of hydrogen-bond acceptors (Lipinski definition) is 4. The molecule has 1 fully saturated rings. The molecular weight excluding hydrogens is 367 g/mol. The molecule has 0 bridgehead atoms. The summed E-state index contributed by atoms with van der Waals surface area (Å²) in [5.41, 5.74) is 2.78. The van der Waals surface area contributed by atoms with Crippen LogP contribution in [-0.4, -0.2) is 28.5 Å². The normalized spacial score (nSPS) is 15.5. The monoisotopic (exact) mass is 384 g/mol. The standard InChI is InChI=1S/C20H17FN2O3S/c1-12-6-5-9-16(13(12)2)22-18(24)11-23-19(25)17(27-20(23)26)10-14-7-3-4-8-15(14)21/h3-10H,11H2,1-2H3,(H,22,24)/b17-10+. The SMILES string of the molecule is Cc1cccc(NC(=O)CN2C(=O)S/C(=C/c3ccccc3F)C2=O)c1C. The number of halogens is 1. The maximum atomic E-state index is 13.8. The number of nitrogens with one attached hydrogen (secondary N) is 1. The van der Waals surface area contributed by atoms with Gasteiger partial charge in [0.05, 0.1) is 4.91 Å². The Morgan fingerprint density at radius 1 is 1.15 bits per heavy atom. The molecule has 0 saturated carbocycles. The molecule has 0 radical (unpaired) electrons. The predicted molar refractivity (Wildman–Crippen MR) is 104 cm³/mol. The highest BCUT2D eigenvalue weighted by atomic mass is 32.2. The lowest BCUT2D eigenvalue weighted by Crippen LogP contribution is -2.36. The molecule has 0 atom stereocenters. The lowest BCUT2D eigenvalue weighted by molar-refractivity contribution is -0.127. The zero-order valence-electron chi connectivity index (χ0n) is 14.8. The third kappa shape index (κ3) is 4.09. The molecule has 3 amide bonds. The molecule has 1 aliphatic rings. The highest BCUT2D eigenvalue weighted by molar-refractivity contribution is 8.18. The number of imide groups is 1. The molecule has 1 saturated heterocycles. The van der Waals surface area contributed by atoms with E-state index in [-0.39, 0.29) is 10.5 Å². The number of aryl methyl sites for hydroxylation is 1. The van der Waals surface area contributed by atoms with Gasteiger partial charge in [-0.15, -0.1) is 0 Å². The number of thioether (sulfide) groups is 1. The van der Waals surface area contributed by atoms with Gasteiger partial charge < -0.3 is 5.32 Å². The van der Waals surface area contributed by atoms with Crippen LogP contribution in [0.15, 0.2) is 47.4 Å². The van der Waals surface area contributed by atoms with Gasteiger partial charge in [0.2, 0.25) is 5.91 Å². The van der Waals surface area contributed by atoms with Crippen molar-refractivity contribution in [1.82, 2.24) is 4.90 Å². The number of carbonyl (C=O) groups excluding carboxylic acids is 3. The van der Waals surface area contributed by atoms with Crippen molar-refractivity contribution in [2.45, 2.75) is 13.8 Å². The molecule has 0 aromatic heterocycles. The number of rotatable bonds is 4. The zero-order valence-corrected chi connectivity index (χ0v) is 15.6. The van der Waals surface area contributed by atoms with E-state index in [1.165, 1.54) is 24.3 Å². The van der Waals surface area contributed by atoms with Crippen LogP contribution in [0.1, 0.15) is 16.7 Å². The van der Waals surface area contributed by atoms with E-state index < -0.39 is 29.4 Å². The van der Waals surface area contributed by atoms with Gasteiger partial charge in [0.1, 0.15) is 12.4 Å². The largest absolute Gasteiger partial charge is 0.324 e. The summed E-state index contributed by atoms with van der Waals surface area (Å²) < 4.78 is 13.8. The highest BCUT2D eigenvalue weighted by Crippen LogP contribution is 2.32. The molecule has 0 spiro atoms. The van der Waals surface area contributed by atoms with Gasteiger partial charge in [0.15, 0.2) is 0 Å². The molecule has 27 heavy (non-hydrogen) atoms. The van der Waals surface area contributed by atoms with Crippen LogP contribution in [-0.2, 0) is 9.59 Å². The second-order valence-corrected chi connectivity index (χ2v) is 7.08. The molecule has 7 heteroatoms. The van der Waals surface area contributed by atoms with Gasteiger partial charge in [-0.2, -0.15) is 0 Å². The lowest BCUT2D eigenvalue weighted by atomic mass is 10.1. The summed E-state index contributed by atoms with van der Waals surface area (Å²) in [4.78, 5) is 37.8. The van der Waals surface area contributed by atoms with Crippen LogP contribution >= 0.6 is 11.8 Å². The summed E-state index contributed by atoms with van der Waals surface area (Å²) in [7, 11) is 0. The first-order valence-corrected chi connectivity index (χ1v) is 9.04. The van der Waals surface area contributed by atoms with E-state index in [2.05, 4.69) is 5.32 Å². The number of anilines is 1. The van der Waals surface area contributed by atoms with E-state index in [1.807, 2.05) is 26.0 Å². The maximum Gasteiger partial charge on any atom is 0.294 e. The molecule has 1 N–H and O–H groups in total. The Morgan fingerprint density at radius 2 is 1.89 bits per heavy atom. The minimum Gasteiger partial charge on any atom is -0.324 e. The fraction of sp³-hybridized carbons (Fsp3) is 0.150. The molecule has 0 aliphatic carbocycles. The Kier molecular flexibility index (Phi) is 5.41. The van der Waals surface area contributed by atoms with Gasteiger partial charge in [0.25, 0.3) is 11.1 Å². The number of carbonyl (C=O) groups is 3. The third-order valence-corrected chi connectivity index (χ3v) is 5.15. The van der Waals surface area contributed by atoms with E-state index in [9.17, 15) is 18.8 Å². The average molecular weight is 384 g/mol. The zero-order chi connectivity index (χ0) is 19.6. The summed E-state index contributed by atoms with van der Waals surface area (Å²) in [5, 5.41) is 2.16. The summed E-state index contributed by atoms with van der Waals surface area (Å²) in [6, 6.07) is 11.5. The van der Waals surface area contributed by atoms with Gasteiger partial charge in [0, 0.05) is 11.3 Å². The van der Waals surface area contributed by atoms with Crippen LogP contribution in [0.2, 0.25) is 0 Å². The van der Waals surface area contributed by atoms with Crippen molar-refractivity contribution in [2.24, 2.45) is 0 Å². The summed E-state index contributed by atoms with van der Waals surface area (Å²) in [6.07, 6.45) is 1.32. The van der Waals surface area contributed by atoms with Crippen LogP contribution in [0, 0.1) is 19.7 Å². The van der Waals surface area contributed by atoms with Crippen LogP contribution < -0.4 is 5.32 Å². The molecule has 138 valence electrons. The summed E-state index contributed by atoms with van der Waals surface area (Å²) in [6.45, 7) is 3.41. The van der Waals surface area contributed by atoms with Crippen LogP contribution in [0.5, 0.6) is 0 Å². The number of amides is 3. The van der Waals surface area contributed by atoms with Gasteiger partial charge in [-0.05, 0) is 54.9 Å². The molecule has 1 heterocycles. The Bertz CT molecular complexity index is 971. The Hall–Kier alpha value is -2.93. The minimum absolute atomic E-state index is 0.0876. The van der Waals surface area contributed by atoms with Crippen molar-refractivity contribution >= 4 is 40.6 Å². The lowest BCUT2D eigenvalue weighted by Gasteiger charge is -2.14. The van der Waals surface area contributed by atoms with Crippen LogP contribution in [0.25, 0.3) is 6.08 Å². The van der Waals surface area contributed by atoms with Gasteiger partial charge in [-0.1, -0.05) is 30.3 Å². The van der Waals surface area contributed by atoms with Crippen LogP contribution in [0.3, 0.4) is 0 Å². The number of nitrogens with zero attached hydrogens (tertiary/aromatic N) is 1. The first kappa shape index (κ1) is 18.8. The molecule has 2 aromatic carbocycles. The first-order valence-electron chi connectivity index (χ1n) is 8.23. The summed E-state index contributed by atoms with van der Waals surface area (Å²) >= 11 is 0.691. The topological polar surface area (TPSA) is 66.5 Å². The molecule has 3 rings (SSSR count). The second-order valence-electron chi connectivity index (χ2n) is 6.09.